The summed E-state index contributed by atoms with van der Waals surface area (Å²) >= 11 is 0. The number of nitrogens with zero attached hydrogens (tertiary/aromatic N) is 6. The number of amidine groups is 1. The highest BCUT2D eigenvalue weighted by atomic mass is 19.4. The number of rotatable bonds is 8. The number of ether oxygens (including phenoxy) is 2. The lowest BCUT2D eigenvalue weighted by Gasteiger charge is -2.43. The molecule has 4 aromatic rings. The lowest BCUT2D eigenvalue weighted by molar-refractivity contribution is -0.274. The molecule has 3 fully saturated rings. The van der Waals surface area contributed by atoms with Crippen LogP contribution in [-0.4, -0.2) is 125 Å². The molecule has 4 N–H and O–H groups in total. The predicted molar refractivity (Wildman–Crippen MR) is 232 cm³/mol. The number of fused-ring (bicyclic) bond motifs is 3. The van der Waals surface area contributed by atoms with Gasteiger partial charge in [-0.1, -0.05) is 59.7 Å². The number of piperidine rings is 1. The SMILES string of the molecule is COC(N)=NC(C(=O)N1CC(C)CC1c1nc2c(ccc3cc(-c4ccc(NC(=O)N5CCN(C6CCN(C(=O)C(C)(C)C)CC6)CC5)cc4OC(F)(F)F)ccc32)[nH]1)C(C)C. The van der Waals surface area contributed by atoms with Crippen molar-refractivity contribution < 1.29 is 37.0 Å². The number of piperazine rings is 1. The third kappa shape index (κ3) is 9.72. The Morgan fingerprint density at radius 1 is 0.952 bits per heavy atom. The summed E-state index contributed by atoms with van der Waals surface area (Å²) in [7, 11) is 1.41. The third-order valence-electron chi connectivity index (χ3n) is 12.2. The van der Waals surface area contributed by atoms with E-state index in [0.29, 0.717) is 75.2 Å². The molecule has 3 atom stereocenters. The van der Waals surface area contributed by atoms with Crippen LogP contribution in [0.25, 0.3) is 32.9 Å². The number of hydrogen-bond donors (Lipinski definition) is 3. The molecule has 0 bridgehead atoms. The van der Waals surface area contributed by atoms with Crippen molar-refractivity contribution in [1.29, 1.82) is 0 Å². The summed E-state index contributed by atoms with van der Waals surface area (Å²) < 4.78 is 51.1. The zero-order valence-electron chi connectivity index (χ0n) is 36.5. The summed E-state index contributed by atoms with van der Waals surface area (Å²) in [4.78, 5) is 60.5. The number of alkyl halides is 3. The van der Waals surface area contributed by atoms with Crippen molar-refractivity contribution in [1.82, 2.24) is 29.6 Å². The number of aromatic amines is 1. The van der Waals surface area contributed by atoms with Gasteiger partial charge in [-0.15, -0.1) is 13.2 Å². The van der Waals surface area contributed by atoms with Crippen LogP contribution in [0.3, 0.4) is 0 Å². The van der Waals surface area contributed by atoms with Gasteiger partial charge in [0.1, 0.15) is 17.6 Å². The van der Waals surface area contributed by atoms with Gasteiger partial charge in [0, 0.05) is 80.0 Å². The molecule has 14 nitrogen and oxygen atoms in total. The fourth-order valence-corrected chi connectivity index (χ4v) is 8.99. The number of aromatic nitrogens is 2. The second kappa shape index (κ2) is 17.7. The molecule has 0 spiro atoms. The molecule has 7 rings (SSSR count). The van der Waals surface area contributed by atoms with E-state index in [2.05, 4.69) is 31.9 Å². The molecule has 3 aromatic carbocycles. The van der Waals surface area contributed by atoms with Crippen molar-refractivity contribution in [2.45, 2.75) is 85.3 Å². The van der Waals surface area contributed by atoms with E-state index >= 15 is 0 Å². The zero-order valence-corrected chi connectivity index (χ0v) is 36.5. The second-order valence-corrected chi connectivity index (χ2v) is 18.2. The molecular formula is C45H58F3N9O5. The van der Waals surface area contributed by atoms with Gasteiger partial charge < -0.3 is 40.2 Å². The van der Waals surface area contributed by atoms with Crippen molar-refractivity contribution in [3.63, 3.8) is 0 Å². The minimum Gasteiger partial charge on any atom is -0.469 e. The minimum absolute atomic E-state index is 0.0595. The van der Waals surface area contributed by atoms with E-state index in [1.165, 1.54) is 19.2 Å². The number of nitrogens with one attached hydrogen (secondary N) is 2. The zero-order chi connectivity index (χ0) is 44.7. The molecule has 4 amide bonds. The van der Waals surface area contributed by atoms with Crippen molar-refractivity contribution in [3.8, 4) is 16.9 Å². The molecular weight excluding hydrogens is 804 g/mol. The fourth-order valence-electron chi connectivity index (χ4n) is 8.99. The van der Waals surface area contributed by atoms with E-state index in [1.807, 2.05) is 57.7 Å². The first-order valence-corrected chi connectivity index (χ1v) is 21.4. The van der Waals surface area contributed by atoms with E-state index in [0.717, 1.165) is 29.1 Å². The summed E-state index contributed by atoms with van der Waals surface area (Å²) in [5.41, 5.74) is 7.70. The molecule has 334 valence electrons. The number of halogens is 3. The molecule has 0 saturated carbocycles. The Morgan fingerprint density at radius 2 is 1.66 bits per heavy atom. The molecule has 17 heteroatoms. The predicted octanol–water partition coefficient (Wildman–Crippen LogP) is 7.36. The number of likely N-dealkylation sites (tertiary alicyclic amines) is 2. The maximum absolute atomic E-state index is 13.9. The van der Waals surface area contributed by atoms with Gasteiger partial charge in [0.15, 0.2) is 0 Å². The Bertz CT molecular complexity index is 2320. The molecule has 1 aromatic heterocycles. The van der Waals surface area contributed by atoms with E-state index < -0.39 is 29.6 Å². The number of imidazole rings is 1. The average Bonchev–Trinajstić information content (AvgIpc) is 3.85. The number of hydrogen-bond acceptors (Lipinski definition) is 8. The van der Waals surface area contributed by atoms with E-state index in [1.54, 1.807) is 28.0 Å². The van der Waals surface area contributed by atoms with E-state index in [4.69, 9.17) is 15.5 Å². The summed E-state index contributed by atoms with van der Waals surface area (Å²) in [6, 6.07) is 12.1. The molecule has 3 saturated heterocycles. The molecule has 62 heavy (non-hydrogen) atoms. The second-order valence-electron chi connectivity index (χ2n) is 18.2. The van der Waals surface area contributed by atoms with Crippen molar-refractivity contribution in [3.05, 3.63) is 54.4 Å². The quantitative estimate of drug-likeness (QED) is 0.122. The number of amides is 4. The van der Waals surface area contributed by atoms with E-state index in [9.17, 15) is 27.6 Å². The highest BCUT2D eigenvalue weighted by Crippen LogP contribution is 2.40. The number of carbonyl (C=O) groups excluding carboxylic acids is 3. The van der Waals surface area contributed by atoms with Crippen LogP contribution in [-0.2, 0) is 14.3 Å². The first-order chi connectivity index (χ1) is 29.3. The average molecular weight is 862 g/mol. The lowest BCUT2D eigenvalue weighted by Crippen LogP contribution is -2.56. The first-order valence-electron chi connectivity index (χ1n) is 21.4. The van der Waals surface area contributed by atoms with Gasteiger partial charge >= 0.3 is 12.4 Å². The summed E-state index contributed by atoms with van der Waals surface area (Å²) in [6.07, 6.45) is -2.54. The summed E-state index contributed by atoms with van der Waals surface area (Å²) in [6.45, 7) is 15.9. The number of aliphatic imine (C=N–C) groups is 1. The molecule has 0 radical (unpaired) electrons. The van der Waals surface area contributed by atoms with Gasteiger partial charge in [-0.05, 0) is 66.3 Å². The highest BCUT2D eigenvalue weighted by molar-refractivity contribution is 6.05. The maximum Gasteiger partial charge on any atom is 0.573 e. The van der Waals surface area contributed by atoms with Crippen LogP contribution >= 0.6 is 0 Å². The van der Waals surface area contributed by atoms with Crippen LogP contribution in [0, 0.1) is 17.3 Å². The number of nitrogens with two attached hydrogens (primary N) is 1. The topological polar surface area (TPSA) is 162 Å². The molecule has 3 aliphatic rings. The normalized spacial score (nSPS) is 20.3. The Morgan fingerprint density at radius 3 is 2.31 bits per heavy atom. The van der Waals surface area contributed by atoms with Gasteiger partial charge in [0.25, 0.3) is 6.02 Å². The smallest absolute Gasteiger partial charge is 0.469 e. The van der Waals surface area contributed by atoms with E-state index in [-0.39, 0.29) is 47.0 Å². The summed E-state index contributed by atoms with van der Waals surface area (Å²) in [5.74, 6) is 0.266. The maximum atomic E-state index is 13.9. The fraction of sp³-hybridized carbons (Fsp3) is 0.533. The molecule has 4 heterocycles. The Labute approximate surface area is 360 Å². The number of H-pyrrole nitrogens is 1. The molecule has 3 aliphatic heterocycles. The van der Waals surface area contributed by atoms with Gasteiger partial charge in [0.05, 0.1) is 24.2 Å². The molecule has 3 unspecified atom stereocenters. The van der Waals surface area contributed by atoms with Gasteiger partial charge in [0.2, 0.25) is 11.8 Å². The van der Waals surface area contributed by atoms with Crippen molar-refractivity contribution in [2.75, 3.05) is 58.2 Å². The van der Waals surface area contributed by atoms with Gasteiger partial charge in [-0.2, -0.15) is 0 Å². The van der Waals surface area contributed by atoms with Crippen LogP contribution < -0.4 is 15.8 Å². The van der Waals surface area contributed by atoms with Gasteiger partial charge in [-0.25, -0.2) is 14.8 Å². The van der Waals surface area contributed by atoms with Crippen LogP contribution in [0.5, 0.6) is 5.75 Å². The van der Waals surface area contributed by atoms with Crippen molar-refractivity contribution >= 4 is 51.4 Å². The highest BCUT2D eigenvalue weighted by Gasteiger charge is 2.40. The Kier molecular flexibility index (Phi) is 12.7. The summed E-state index contributed by atoms with van der Waals surface area (Å²) in [5, 5.41) is 4.29. The number of urea groups is 1. The largest absolute Gasteiger partial charge is 0.573 e. The van der Waals surface area contributed by atoms with Crippen LogP contribution in [0.1, 0.15) is 72.7 Å². The lowest BCUT2D eigenvalue weighted by atomic mass is 9.92. The number of anilines is 1. The Balaban J connectivity index is 1.06. The van der Waals surface area contributed by atoms with Crippen molar-refractivity contribution in [2.24, 2.45) is 28.0 Å². The first kappa shape index (κ1) is 44.5. The monoisotopic (exact) mass is 861 g/mol. The number of benzene rings is 3. The third-order valence-corrected chi connectivity index (χ3v) is 12.2. The molecule has 0 aliphatic carbocycles. The van der Waals surface area contributed by atoms with Crippen LogP contribution in [0.2, 0.25) is 0 Å². The number of methoxy groups -OCH3 is 1. The van der Waals surface area contributed by atoms with Crippen LogP contribution in [0.4, 0.5) is 23.7 Å². The standard InChI is InChI=1S/C45H58F3N9O5/c1-26(2)37(53-42(49)61-7)40(58)57-25-27(3)22-35(57)39-51-34-13-9-29-23-28(8-11-33(29)38(34)52-39)32-12-10-30(24-36(32)62-45(46,47)48)50-43(60)56-20-18-54(19-21-56)31-14-16-55(17-15-31)41(59)44(4,5)6/h8-13,23-24,26-27,31,35,37H,14-22,25H2,1-7H3,(H2,49,53)(H,50,60)(H,51,52). The van der Waals surface area contributed by atoms with Gasteiger partial charge in [-0.3, -0.25) is 14.5 Å². The van der Waals surface area contributed by atoms with Crippen LogP contribution in [0.15, 0.2) is 53.5 Å². The number of carbonyl (C=O) groups is 3. The minimum atomic E-state index is -4.98. The Hall–Kier alpha value is -5.58.